The predicted molar refractivity (Wildman–Crippen MR) is 43.1 cm³/mol. The van der Waals surface area contributed by atoms with Crippen LogP contribution < -0.4 is 0 Å². The monoisotopic (exact) mass is 225 g/mol. The Morgan fingerprint density at radius 2 is 2.71 bits per heavy atom. The van der Waals surface area contributed by atoms with Gasteiger partial charge in [-0.1, -0.05) is 11.8 Å². The Morgan fingerprint density at radius 3 is 3.00 bits per heavy atom. The van der Waals surface area contributed by atoms with E-state index in [-0.39, 0.29) is 0 Å². The zero-order chi connectivity index (χ0) is 5.11. The molecule has 0 atom stereocenters. The van der Waals surface area contributed by atoms with Crippen molar-refractivity contribution in [3.63, 3.8) is 0 Å². The van der Waals surface area contributed by atoms with Gasteiger partial charge in [0, 0.05) is 2.91 Å². The lowest BCUT2D eigenvalue weighted by molar-refractivity contribution is 1.27. The van der Waals surface area contributed by atoms with Crippen molar-refractivity contribution in [1.29, 1.82) is 0 Å². The van der Waals surface area contributed by atoms with Crippen molar-refractivity contribution < 1.29 is 0 Å². The Morgan fingerprint density at radius 1 is 1.86 bits per heavy atom. The molecule has 1 heterocycles. The van der Waals surface area contributed by atoms with Crippen molar-refractivity contribution >= 4 is 39.9 Å². The lowest BCUT2D eigenvalue weighted by atomic mass is 10.6. The van der Waals surface area contributed by atoms with E-state index in [0.717, 1.165) is 6.54 Å². The van der Waals surface area contributed by atoms with Gasteiger partial charge in [0.2, 0.25) is 0 Å². The van der Waals surface area contributed by atoms with E-state index in [9.17, 15) is 0 Å². The highest BCUT2D eigenvalue weighted by atomic mass is 127. The third-order valence-corrected chi connectivity index (χ3v) is 2.45. The molecular formula is C4H4INS. The first-order chi connectivity index (χ1) is 3.39. The fraction of sp³-hybridized carbons (Fsp3) is 0.250. The molecule has 0 aliphatic carbocycles. The SMILES string of the molecule is IC1=CCN=CS1. The van der Waals surface area contributed by atoms with E-state index >= 15 is 0 Å². The molecule has 0 fully saturated rings. The molecule has 0 aromatic rings. The summed E-state index contributed by atoms with van der Waals surface area (Å²) in [5.74, 6) is 0. The summed E-state index contributed by atoms with van der Waals surface area (Å²) >= 11 is 3.96. The van der Waals surface area contributed by atoms with Crippen LogP contribution in [-0.2, 0) is 0 Å². The van der Waals surface area contributed by atoms with Crippen molar-refractivity contribution in [1.82, 2.24) is 0 Å². The Kier molecular flexibility index (Phi) is 2.18. The van der Waals surface area contributed by atoms with E-state index < -0.39 is 0 Å². The van der Waals surface area contributed by atoms with E-state index in [4.69, 9.17) is 0 Å². The van der Waals surface area contributed by atoms with Crippen molar-refractivity contribution in [2.75, 3.05) is 6.54 Å². The minimum Gasteiger partial charge on any atom is -0.282 e. The second kappa shape index (κ2) is 2.71. The fourth-order valence-electron chi connectivity index (χ4n) is 0.303. The largest absolute Gasteiger partial charge is 0.282 e. The van der Waals surface area contributed by atoms with Crippen LogP contribution in [0.5, 0.6) is 0 Å². The maximum absolute atomic E-state index is 3.98. The molecule has 1 nitrogen and oxygen atoms in total. The third kappa shape index (κ3) is 1.82. The standard InChI is InChI=1S/C4H4INS/c5-4-1-2-6-3-7-4/h1,3H,2H2. The van der Waals surface area contributed by atoms with Gasteiger partial charge >= 0.3 is 0 Å². The van der Waals surface area contributed by atoms with Crippen LogP contribution in [0.4, 0.5) is 0 Å². The lowest BCUT2D eigenvalue weighted by Gasteiger charge is -1.95. The number of thioether (sulfide) groups is 1. The highest BCUT2D eigenvalue weighted by Crippen LogP contribution is 2.22. The molecule has 1 aliphatic heterocycles. The summed E-state index contributed by atoms with van der Waals surface area (Å²) in [5.41, 5.74) is 1.88. The van der Waals surface area contributed by atoms with Crippen LogP contribution in [0.15, 0.2) is 14.0 Å². The average molecular weight is 225 g/mol. The van der Waals surface area contributed by atoms with E-state index in [1.54, 1.807) is 11.8 Å². The average Bonchev–Trinajstić information content (AvgIpc) is 1.69. The number of nitrogens with zero attached hydrogens (tertiary/aromatic N) is 1. The van der Waals surface area contributed by atoms with Crippen molar-refractivity contribution in [2.45, 2.75) is 0 Å². The zero-order valence-electron chi connectivity index (χ0n) is 3.60. The minimum absolute atomic E-state index is 0.866. The molecule has 0 spiro atoms. The molecule has 0 aromatic carbocycles. The molecule has 0 saturated heterocycles. The molecule has 3 heteroatoms. The quantitative estimate of drug-likeness (QED) is 0.574. The van der Waals surface area contributed by atoms with Crippen LogP contribution in [0.2, 0.25) is 0 Å². The van der Waals surface area contributed by atoms with Crippen molar-refractivity contribution in [2.24, 2.45) is 4.99 Å². The van der Waals surface area contributed by atoms with Crippen LogP contribution in [-0.4, -0.2) is 12.1 Å². The second-order valence-corrected chi connectivity index (χ2v) is 3.88. The van der Waals surface area contributed by atoms with Crippen LogP contribution >= 0.6 is 34.4 Å². The number of halogens is 1. The molecule has 0 radical (unpaired) electrons. The first-order valence-corrected chi connectivity index (χ1v) is 3.86. The van der Waals surface area contributed by atoms with Crippen LogP contribution in [0.3, 0.4) is 0 Å². The first kappa shape index (κ1) is 5.62. The first-order valence-electron chi connectivity index (χ1n) is 1.90. The van der Waals surface area contributed by atoms with E-state index in [1.165, 1.54) is 2.91 Å². The molecule has 0 aromatic heterocycles. The summed E-state index contributed by atoms with van der Waals surface area (Å²) in [4.78, 5) is 3.98. The Bertz CT molecular complexity index is 119. The molecular weight excluding hydrogens is 221 g/mol. The van der Waals surface area contributed by atoms with Crippen molar-refractivity contribution in [3.8, 4) is 0 Å². The molecule has 0 N–H and O–H groups in total. The van der Waals surface area contributed by atoms with Gasteiger partial charge in [-0.2, -0.15) is 0 Å². The zero-order valence-corrected chi connectivity index (χ0v) is 6.57. The van der Waals surface area contributed by atoms with E-state index in [1.807, 2.05) is 5.55 Å². The van der Waals surface area contributed by atoms with E-state index in [0.29, 0.717) is 0 Å². The molecule has 1 rings (SSSR count). The summed E-state index contributed by atoms with van der Waals surface area (Å²) < 4.78 is 1.33. The van der Waals surface area contributed by atoms with E-state index in [2.05, 4.69) is 33.7 Å². The molecule has 0 saturated carbocycles. The van der Waals surface area contributed by atoms with Gasteiger partial charge in [-0.25, -0.2) is 0 Å². The molecule has 0 bridgehead atoms. The Labute approximate surface area is 60.4 Å². The number of hydrogen-bond donors (Lipinski definition) is 0. The summed E-state index contributed by atoms with van der Waals surface area (Å²) in [6.45, 7) is 0.866. The van der Waals surface area contributed by atoms with Crippen LogP contribution in [0, 0.1) is 0 Å². The highest BCUT2D eigenvalue weighted by Gasteiger charge is 1.90. The summed E-state index contributed by atoms with van der Waals surface area (Å²) in [5, 5.41) is 0. The van der Waals surface area contributed by atoms with Gasteiger partial charge in [-0.15, -0.1) is 0 Å². The van der Waals surface area contributed by atoms with Gasteiger partial charge < -0.3 is 0 Å². The minimum atomic E-state index is 0.866. The van der Waals surface area contributed by atoms with Crippen LogP contribution in [0.25, 0.3) is 0 Å². The number of rotatable bonds is 0. The van der Waals surface area contributed by atoms with Gasteiger partial charge in [-0.3, -0.25) is 4.99 Å². The Balaban J connectivity index is 2.50. The lowest BCUT2D eigenvalue weighted by Crippen LogP contribution is -1.79. The van der Waals surface area contributed by atoms with Crippen molar-refractivity contribution in [3.05, 3.63) is 8.99 Å². The molecule has 7 heavy (non-hydrogen) atoms. The maximum atomic E-state index is 3.98. The van der Waals surface area contributed by atoms with Crippen LogP contribution in [0.1, 0.15) is 0 Å². The number of aliphatic imine (C=N–C) groups is 1. The molecule has 1 aliphatic rings. The van der Waals surface area contributed by atoms with Gasteiger partial charge in [0.1, 0.15) is 0 Å². The van der Waals surface area contributed by atoms with Gasteiger partial charge in [0.15, 0.2) is 0 Å². The normalized spacial score (nSPS) is 19.3. The Hall–Kier alpha value is 0.490. The predicted octanol–water partition coefficient (Wildman–Crippen LogP) is 2.04. The summed E-state index contributed by atoms with van der Waals surface area (Å²) in [7, 11) is 0. The van der Waals surface area contributed by atoms with Gasteiger partial charge in [0.05, 0.1) is 12.1 Å². The van der Waals surface area contributed by atoms with Gasteiger partial charge in [-0.05, 0) is 28.7 Å². The smallest absolute Gasteiger partial charge is 0.0597 e. The third-order valence-electron chi connectivity index (χ3n) is 0.597. The summed E-state index contributed by atoms with van der Waals surface area (Å²) in [6, 6.07) is 0. The molecule has 38 valence electrons. The topological polar surface area (TPSA) is 12.4 Å². The summed E-state index contributed by atoms with van der Waals surface area (Å²) in [6.07, 6.45) is 2.10. The number of hydrogen-bond acceptors (Lipinski definition) is 2. The maximum Gasteiger partial charge on any atom is 0.0597 e. The molecule has 0 unspecified atom stereocenters. The molecule has 0 amide bonds. The highest BCUT2D eigenvalue weighted by molar-refractivity contribution is 14.1. The fourth-order valence-corrected chi connectivity index (χ4v) is 1.27. The second-order valence-electron chi connectivity index (χ2n) is 1.10. The van der Waals surface area contributed by atoms with Gasteiger partial charge in [0.25, 0.3) is 0 Å².